The molecule has 4 nitrogen and oxygen atoms in total. The number of aryl methyl sites for hydroxylation is 1. The van der Waals surface area contributed by atoms with Crippen LogP contribution in [0.2, 0.25) is 0 Å². The Morgan fingerprint density at radius 2 is 2.16 bits per heavy atom. The minimum Gasteiger partial charge on any atom is -0.483 e. The number of hydrogen-bond acceptors (Lipinski definition) is 3. The van der Waals surface area contributed by atoms with E-state index in [4.69, 9.17) is 10.5 Å². The van der Waals surface area contributed by atoms with E-state index < -0.39 is 0 Å². The van der Waals surface area contributed by atoms with E-state index in [1.165, 1.54) is 0 Å². The lowest BCUT2D eigenvalue weighted by Gasteiger charge is -2.14. The number of halogens is 1. The lowest BCUT2D eigenvalue weighted by molar-refractivity contribution is -0.123. The van der Waals surface area contributed by atoms with Crippen molar-refractivity contribution in [3.05, 3.63) is 27.7 Å². The van der Waals surface area contributed by atoms with E-state index in [1.807, 2.05) is 32.9 Å². The van der Waals surface area contributed by atoms with Crippen molar-refractivity contribution >= 4 is 21.8 Å². The van der Waals surface area contributed by atoms with Crippen LogP contribution in [0.15, 0.2) is 16.6 Å². The minimum atomic E-state index is -0.112. The Hall–Kier alpha value is -1.07. The quantitative estimate of drug-likeness (QED) is 0.842. The molecule has 0 saturated carbocycles. The maximum Gasteiger partial charge on any atom is 0.257 e. The number of carbonyl (C=O) groups excluding carboxylic acids is 1. The maximum atomic E-state index is 11.6. The number of ether oxygens (including phenoxy) is 1. The molecule has 0 heterocycles. The van der Waals surface area contributed by atoms with Gasteiger partial charge in [-0.2, -0.15) is 0 Å². The van der Waals surface area contributed by atoms with Gasteiger partial charge in [0.25, 0.3) is 5.91 Å². The Balaban J connectivity index is 2.65. The number of hydrogen-bond donors (Lipinski definition) is 2. The van der Waals surface area contributed by atoms with E-state index in [0.717, 1.165) is 15.6 Å². The molecule has 0 bridgehead atoms. The van der Waals surface area contributed by atoms with Gasteiger partial charge in [0.05, 0.1) is 0 Å². The summed E-state index contributed by atoms with van der Waals surface area (Å²) in [5.74, 6) is 1.02. The summed E-state index contributed by atoms with van der Waals surface area (Å²) in [6, 6.07) is 3.86. The van der Waals surface area contributed by atoms with Gasteiger partial charge in [0.1, 0.15) is 5.75 Å². The second kappa shape index (κ2) is 7.50. The fourth-order valence-electron chi connectivity index (χ4n) is 1.66. The van der Waals surface area contributed by atoms with Crippen LogP contribution in [0.5, 0.6) is 5.75 Å². The number of benzene rings is 1. The number of nitrogens with two attached hydrogens (primary N) is 1. The second-order valence-electron chi connectivity index (χ2n) is 4.90. The summed E-state index contributed by atoms with van der Waals surface area (Å²) in [6.45, 7) is 7.08. The SMILES string of the molecule is Cc1cc(Br)cc(CN)c1OCC(=O)NCC(C)C. The summed E-state index contributed by atoms with van der Waals surface area (Å²) in [5.41, 5.74) is 7.55. The molecule has 1 amide bonds. The predicted octanol–water partition coefficient (Wildman–Crippen LogP) is 2.37. The minimum absolute atomic E-state index is 0.0161. The normalized spacial score (nSPS) is 10.6. The van der Waals surface area contributed by atoms with Crippen LogP contribution in [0.4, 0.5) is 0 Å². The molecule has 5 heteroatoms. The van der Waals surface area contributed by atoms with Gasteiger partial charge in [-0.25, -0.2) is 0 Å². The Labute approximate surface area is 122 Å². The Kier molecular flexibility index (Phi) is 6.31. The summed E-state index contributed by atoms with van der Waals surface area (Å²) >= 11 is 3.42. The first-order chi connectivity index (χ1) is 8.93. The lowest BCUT2D eigenvalue weighted by Crippen LogP contribution is -2.32. The molecule has 0 spiro atoms. The predicted molar refractivity (Wildman–Crippen MR) is 80.1 cm³/mol. The fraction of sp³-hybridized carbons (Fsp3) is 0.500. The van der Waals surface area contributed by atoms with Gasteiger partial charge in [-0.15, -0.1) is 0 Å². The van der Waals surface area contributed by atoms with Gasteiger partial charge in [0.15, 0.2) is 6.61 Å². The molecule has 3 N–H and O–H groups in total. The lowest BCUT2D eigenvalue weighted by atomic mass is 10.1. The molecule has 0 unspecified atom stereocenters. The largest absolute Gasteiger partial charge is 0.483 e. The summed E-state index contributed by atoms with van der Waals surface area (Å²) in [5, 5.41) is 2.82. The maximum absolute atomic E-state index is 11.6. The summed E-state index contributed by atoms with van der Waals surface area (Å²) in [6.07, 6.45) is 0. The molecule has 0 aliphatic heterocycles. The third-order valence-corrected chi connectivity index (χ3v) is 3.05. The molecule has 1 rings (SSSR count). The first-order valence-electron chi connectivity index (χ1n) is 6.32. The van der Waals surface area contributed by atoms with Crippen LogP contribution in [0.3, 0.4) is 0 Å². The average Bonchev–Trinajstić information content (AvgIpc) is 2.34. The van der Waals surface area contributed by atoms with Crippen molar-refractivity contribution in [3.8, 4) is 5.75 Å². The Morgan fingerprint density at radius 1 is 1.47 bits per heavy atom. The second-order valence-corrected chi connectivity index (χ2v) is 5.82. The van der Waals surface area contributed by atoms with Crippen LogP contribution in [0.25, 0.3) is 0 Å². The standard InChI is InChI=1S/C14H21BrN2O2/c1-9(2)7-17-13(18)8-19-14-10(3)4-12(15)5-11(14)6-16/h4-5,9H,6-8,16H2,1-3H3,(H,17,18). The Morgan fingerprint density at radius 3 is 2.74 bits per heavy atom. The molecule has 0 aliphatic carbocycles. The topological polar surface area (TPSA) is 64.3 Å². The van der Waals surface area contributed by atoms with E-state index in [-0.39, 0.29) is 12.5 Å². The highest BCUT2D eigenvalue weighted by Crippen LogP contribution is 2.27. The van der Waals surface area contributed by atoms with Crippen LogP contribution in [-0.4, -0.2) is 19.1 Å². The van der Waals surface area contributed by atoms with Gasteiger partial charge in [0, 0.05) is 23.1 Å². The zero-order valence-electron chi connectivity index (χ0n) is 11.6. The Bertz CT molecular complexity index is 447. The van der Waals surface area contributed by atoms with Crippen LogP contribution < -0.4 is 15.8 Å². The molecule has 0 radical (unpaired) electrons. The van der Waals surface area contributed by atoms with Crippen LogP contribution in [0.1, 0.15) is 25.0 Å². The summed E-state index contributed by atoms with van der Waals surface area (Å²) < 4.78 is 6.56. The van der Waals surface area contributed by atoms with Crippen molar-refractivity contribution in [1.29, 1.82) is 0 Å². The number of rotatable bonds is 6. The zero-order chi connectivity index (χ0) is 14.4. The highest BCUT2D eigenvalue weighted by molar-refractivity contribution is 9.10. The van der Waals surface area contributed by atoms with Gasteiger partial charge in [-0.1, -0.05) is 29.8 Å². The third-order valence-electron chi connectivity index (χ3n) is 2.59. The zero-order valence-corrected chi connectivity index (χ0v) is 13.2. The highest BCUT2D eigenvalue weighted by Gasteiger charge is 2.10. The van der Waals surface area contributed by atoms with Crippen LogP contribution >= 0.6 is 15.9 Å². The van der Waals surface area contributed by atoms with Crippen LogP contribution in [-0.2, 0) is 11.3 Å². The van der Waals surface area contributed by atoms with Crippen molar-refractivity contribution in [2.45, 2.75) is 27.3 Å². The van der Waals surface area contributed by atoms with Gasteiger partial charge >= 0.3 is 0 Å². The summed E-state index contributed by atoms with van der Waals surface area (Å²) in [7, 11) is 0. The molecule has 19 heavy (non-hydrogen) atoms. The van der Waals surface area contributed by atoms with Gasteiger partial charge in [-0.3, -0.25) is 4.79 Å². The monoisotopic (exact) mass is 328 g/mol. The van der Waals surface area contributed by atoms with Gasteiger partial charge in [-0.05, 0) is 30.5 Å². The number of amides is 1. The molecular formula is C14H21BrN2O2. The van der Waals surface area contributed by atoms with E-state index in [2.05, 4.69) is 21.2 Å². The molecule has 0 aliphatic rings. The first kappa shape index (κ1) is 16.0. The number of carbonyl (C=O) groups is 1. The van der Waals surface area contributed by atoms with E-state index in [9.17, 15) is 4.79 Å². The molecular weight excluding hydrogens is 308 g/mol. The van der Waals surface area contributed by atoms with E-state index >= 15 is 0 Å². The van der Waals surface area contributed by atoms with Crippen molar-refractivity contribution in [2.75, 3.05) is 13.2 Å². The molecule has 0 saturated heterocycles. The highest BCUT2D eigenvalue weighted by atomic mass is 79.9. The third kappa shape index (κ3) is 5.20. The molecule has 106 valence electrons. The average molecular weight is 329 g/mol. The van der Waals surface area contributed by atoms with Crippen molar-refractivity contribution in [2.24, 2.45) is 11.7 Å². The fourth-order valence-corrected chi connectivity index (χ4v) is 2.28. The van der Waals surface area contributed by atoms with E-state index in [1.54, 1.807) is 0 Å². The summed E-state index contributed by atoms with van der Waals surface area (Å²) in [4.78, 5) is 11.6. The van der Waals surface area contributed by atoms with Gasteiger partial charge < -0.3 is 15.8 Å². The van der Waals surface area contributed by atoms with Crippen molar-refractivity contribution in [1.82, 2.24) is 5.32 Å². The van der Waals surface area contributed by atoms with Gasteiger partial charge in [0.2, 0.25) is 0 Å². The van der Waals surface area contributed by atoms with Crippen molar-refractivity contribution in [3.63, 3.8) is 0 Å². The van der Waals surface area contributed by atoms with Crippen LogP contribution in [0, 0.1) is 12.8 Å². The van der Waals surface area contributed by atoms with Crippen molar-refractivity contribution < 1.29 is 9.53 Å². The number of nitrogens with one attached hydrogen (secondary N) is 1. The molecule has 1 aromatic carbocycles. The molecule has 0 atom stereocenters. The molecule has 0 fully saturated rings. The molecule has 1 aromatic rings. The smallest absolute Gasteiger partial charge is 0.257 e. The van der Waals surface area contributed by atoms with E-state index in [0.29, 0.717) is 24.8 Å². The first-order valence-corrected chi connectivity index (χ1v) is 7.12. The molecule has 0 aromatic heterocycles.